The zero-order chi connectivity index (χ0) is 28.0. The molecule has 3 saturated carbocycles. The molecule has 1 aromatic rings. The number of hydrogen-bond acceptors (Lipinski definition) is 7. The number of nitrogens with one attached hydrogen (secondary N) is 1. The predicted octanol–water partition coefficient (Wildman–Crippen LogP) is 2.73. The number of amides is 2. The molecule has 6 rings (SSSR count). The van der Waals surface area contributed by atoms with Gasteiger partial charge in [0, 0.05) is 35.7 Å². The molecule has 40 heavy (non-hydrogen) atoms. The van der Waals surface area contributed by atoms with Crippen LogP contribution < -0.4 is 14.8 Å². The molecule has 0 spiro atoms. The number of ether oxygens (including phenoxy) is 2. The molecule has 216 valence electrons. The summed E-state index contributed by atoms with van der Waals surface area (Å²) in [5.74, 6) is 1.49. The Balaban J connectivity index is 1.38. The van der Waals surface area contributed by atoms with Gasteiger partial charge in [-0.25, -0.2) is 0 Å². The Bertz CT molecular complexity index is 1190. The molecule has 2 amide bonds. The Labute approximate surface area is 234 Å². The van der Waals surface area contributed by atoms with Crippen molar-refractivity contribution >= 4 is 18.1 Å². The molecule has 0 radical (unpaired) electrons. The number of benzene rings is 1. The van der Waals surface area contributed by atoms with Crippen molar-refractivity contribution in [2.45, 2.75) is 88.0 Å². The van der Waals surface area contributed by atoms with Crippen LogP contribution in [0.5, 0.6) is 11.5 Å². The fourth-order valence-electron chi connectivity index (χ4n) is 8.28. The van der Waals surface area contributed by atoms with E-state index in [1.165, 1.54) is 26.4 Å². The Morgan fingerprint density at radius 2 is 1.98 bits per heavy atom. The smallest absolute Gasteiger partial charge is 0.247 e. The van der Waals surface area contributed by atoms with Crippen LogP contribution in [0.4, 0.5) is 0 Å². The van der Waals surface area contributed by atoms with Crippen molar-refractivity contribution in [3.05, 3.63) is 34.9 Å². The highest BCUT2D eigenvalue weighted by molar-refractivity contribution is 5.96. The third-order valence-corrected chi connectivity index (χ3v) is 10.1. The van der Waals surface area contributed by atoms with Crippen molar-refractivity contribution in [3.8, 4) is 11.5 Å². The second-order valence-corrected chi connectivity index (χ2v) is 12.3. The molecule has 0 aromatic heterocycles. The first kappa shape index (κ1) is 27.3. The lowest BCUT2D eigenvalue weighted by atomic mass is 9.76. The van der Waals surface area contributed by atoms with Crippen molar-refractivity contribution in [2.75, 3.05) is 20.3 Å². The Morgan fingerprint density at radius 1 is 1.18 bits per heavy atom. The Morgan fingerprint density at radius 3 is 2.62 bits per heavy atom. The lowest BCUT2D eigenvalue weighted by Gasteiger charge is -2.43. The molecule has 7 atom stereocenters. The number of methoxy groups -OCH3 is 1. The van der Waals surface area contributed by atoms with E-state index >= 15 is 0 Å². The van der Waals surface area contributed by atoms with Crippen LogP contribution >= 0.6 is 0 Å². The van der Waals surface area contributed by atoms with Gasteiger partial charge in [-0.15, -0.1) is 0 Å². The summed E-state index contributed by atoms with van der Waals surface area (Å²) in [6, 6.07) is 2.52. The zero-order valence-corrected chi connectivity index (χ0v) is 23.1. The van der Waals surface area contributed by atoms with E-state index in [0.29, 0.717) is 52.7 Å². The summed E-state index contributed by atoms with van der Waals surface area (Å²) in [5.41, 5.74) is 1.34. The maximum Gasteiger partial charge on any atom is 0.247 e. The molecule has 0 saturated heterocycles. The van der Waals surface area contributed by atoms with Crippen molar-refractivity contribution < 1.29 is 34.1 Å². The van der Waals surface area contributed by atoms with Crippen molar-refractivity contribution in [1.82, 2.24) is 10.2 Å². The van der Waals surface area contributed by atoms with E-state index in [2.05, 4.69) is 5.32 Å². The van der Waals surface area contributed by atoms with Gasteiger partial charge < -0.3 is 29.9 Å². The second kappa shape index (κ2) is 11.2. The van der Waals surface area contributed by atoms with Crippen molar-refractivity contribution in [2.24, 2.45) is 17.8 Å². The first-order valence-corrected chi connectivity index (χ1v) is 14.9. The van der Waals surface area contributed by atoms with E-state index < -0.39 is 24.2 Å². The van der Waals surface area contributed by atoms with Gasteiger partial charge in [-0.1, -0.05) is 19.3 Å². The highest BCUT2D eigenvalue weighted by Crippen LogP contribution is 2.53. The van der Waals surface area contributed by atoms with Crippen LogP contribution in [0, 0.1) is 17.8 Å². The maximum atomic E-state index is 14.1. The maximum absolute atomic E-state index is 14.1. The average molecular weight is 553 g/mol. The summed E-state index contributed by atoms with van der Waals surface area (Å²) in [4.78, 5) is 41.2. The molecule has 9 heteroatoms. The van der Waals surface area contributed by atoms with Gasteiger partial charge in [0.25, 0.3) is 0 Å². The molecule has 4 aliphatic carbocycles. The van der Waals surface area contributed by atoms with Crippen LogP contribution in [0.25, 0.3) is 0 Å². The lowest BCUT2D eigenvalue weighted by Crippen LogP contribution is -2.58. The molecule has 3 N–H and O–H groups in total. The molecular weight excluding hydrogens is 512 g/mol. The van der Waals surface area contributed by atoms with Crippen molar-refractivity contribution in [3.63, 3.8) is 0 Å². The normalized spacial score (nSPS) is 32.2. The molecule has 3 fully saturated rings. The molecule has 3 unspecified atom stereocenters. The summed E-state index contributed by atoms with van der Waals surface area (Å²) >= 11 is 0. The molecule has 1 heterocycles. The van der Waals surface area contributed by atoms with E-state index in [1.54, 1.807) is 18.2 Å². The van der Waals surface area contributed by atoms with Crippen LogP contribution in [-0.2, 0) is 9.59 Å². The van der Waals surface area contributed by atoms with Crippen molar-refractivity contribution in [1.29, 1.82) is 0 Å². The summed E-state index contributed by atoms with van der Waals surface area (Å²) in [7, 11) is 1.48. The minimum atomic E-state index is -1.08. The van der Waals surface area contributed by atoms with Gasteiger partial charge >= 0.3 is 0 Å². The summed E-state index contributed by atoms with van der Waals surface area (Å²) in [5, 5.41) is 24.0. The van der Waals surface area contributed by atoms with E-state index in [0.717, 1.165) is 38.0 Å². The third kappa shape index (κ3) is 4.71. The first-order valence-electron chi connectivity index (χ1n) is 14.9. The Hall–Kier alpha value is -2.91. The molecule has 1 aliphatic heterocycles. The Kier molecular flexibility index (Phi) is 7.61. The average Bonchev–Trinajstić information content (AvgIpc) is 3.77. The number of fused-ring (bicyclic) bond motifs is 5. The topological polar surface area (TPSA) is 125 Å². The fourth-order valence-corrected chi connectivity index (χ4v) is 8.28. The molecule has 5 aliphatic rings. The van der Waals surface area contributed by atoms with Gasteiger partial charge in [-0.3, -0.25) is 14.4 Å². The minimum absolute atomic E-state index is 0.000254. The van der Waals surface area contributed by atoms with Crippen LogP contribution in [-0.4, -0.2) is 77.8 Å². The van der Waals surface area contributed by atoms with Crippen LogP contribution in [0.1, 0.15) is 79.6 Å². The van der Waals surface area contributed by atoms with Crippen LogP contribution in [0.2, 0.25) is 0 Å². The molecule has 1 aromatic carbocycles. The summed E-state index contributed by atoms with van der Waals surface area (Å²) < 4.78 is 11.8. The van der Waals surface area contributed by atoms with E-state index in [-0.39, 0.29) is 31.0 Å². The van der Waals surface area contributed by atoms with Gasteiger partial charge in [0.1, 0.15) is 18.5 Å². The van der Waals surface area contributed by atoms with Gasteiger partial charge in [0.05, 0.1) is 25.7 Å². The monoisotopic (exact) mass is 552 g/mol. The molecule has 2 bridgehead atoms. The summed E-state index contributed by atoms with van der Waals surface area (Å²) in [6.45, 7) is -0.146. The van der Waals surface area contributed by atoms with Gasteiger partial charge in [0.2, 0.25) is 11.8 Å². The molecule has 9 nitrogen and oxygen atoms in total. The largest absolute Gasteiger partial charge is 0.493 e. The van der Waals surface area contributed by atoms with E-state index in [9.17, 15) is 24.6 Å². The number of hydrogen-bond donors (Lipinski definition) is 3. The minimum Gasteiger partial charge on any atom is -0.493 e. The lowest BCUT2D eigenvalue weighted by molar-refractivity contribution is -0.141. The highest BCUT2D eigenvalue weighted by atomic mass is 16.5. The van der Waals surface area contributed by atoms with Gasteiger partial charge in [0.15, 0.2) is 11.5 Å². The number of aliphatic hydroxyl groups excluding tert-OH is 2. The summed E-state index contributed by atoms with van der Waals surface area (Å²) in [6.07, 6.45) is 9.62. The van der Waals surface area contributed by atoms with Gasteiger partial charge in [-0.2, -0.15) is 0 Å². The SMILES string of the molecule is COc1cc(C=O)cc2c1O[C@@H]1[C@@H](O)[C@H](N(C(=O)CC3CC4CCC3C4)C3CCCC3)C=C(C(=O)NCCO)[C@H]21. The number of aldehydes is 1. The van der Waals surface area contributed by atoms with E-state index in [4.69, 9.17) is 9.47 Å². The molecular formula is C31H40N2O7. The van der Waals surface area contributed by atoms with Gasteiger partial charge in [-0.05, 0) is 68.1 Å². The highest BCUT2D eigenvalue weighted by Gasteiger charge is 2.53. The number of carbonyl (C=O) groups is 3. The second-order valence-electron chi connectivity index (χ2n) is 12.3. The number of nitrogens with zero attached hydrogens (tertiary/aromatic N) is 1. The first-order chi connectivity index (χ1) is 19.4. The standard InChI is InChI=1S/C31H40N2O7/c1-39-25-13-18(16-35)12-22-27-23(31(38)32-8-9-34)15-24(28(37)30(27)40-29(22)25)33(21-4-2-3-5-21)26(36)14-20-11-17-6-7-19(20)10-17/h12-13,15-17,19-21,24,27-28,30,34,37H,2-11,14H2,1H3,(H,32,38)/t17?,19?,20?,24-,27+,28+,30+/m1/s1. The number of aliphatic hydroxyl groups is 2. The number of carbonyl (C=O) groups excluding carboxylic acids is 3. The number of rotatable bonds is 9. The quantitative estimate of drug-likeness (QED) is 0.402. The van der Waals surface area contributed by atoms with Crippen LogP contribution in [0.15, 0.2) is 23.8 Å². The fraction of sp³-hybridized carbons (Fsp3) is 0.645. The zero-order valence-electron chi connectivity index (χ0n) is 23.1. The van der Waals surface area contributed by atoms with E-state index in [1.807, 2.05) is 4.90 Å². The third-order valence-electron chi connectivity index (χ3n) is 10.1. The predicted molar refractivity (Wildman–Crippen MR) is 146 cm³/mol. The van der Waals surface area contributed by atoms with Crippen LogP contribution in [0.3, 0.4) is 0 Å².